The number of nitrogens with one attached hydrogen (secondary N) is 1. The van der Waals surface area contributed by atoms with E-state index in [-0.39, 0.29) is 34.0 Å². The van der Waals surface area contributed by atoms with Crippen LogP contribution in [-0.4, -0.2) is 44.3 Å². The van der Waals surface area contributed by atoms with E-state index in [1.807, 2.05) is 45.0 Å². The molecule has 0 aliphatic carbocycles. The van der Waals surface area contributed by atoms with Crippen LogP contribution in [0.1, 0.15) is 31.9 Å². The van der Waals surface area contributed by atoms with Crippen LogP contribution in [-0.2, 0) is 26.2 Å². The largest absolute Gasteiger partial charge is 0.354 e. The van der Waals surface area contributed by atoms with Gasteiger partial charge >= 0.3 is 0 Å². The van der Waals surface area contributed by atoms with Crippen LogP contribution in [0.15, 0.2) is 77.7 Å². The zero-order chi connectivity index (χ0) is 28.7. The molecule has 1 N–H and O–H groups in total. The number of carbonyl (C=O) groups is 2. The number of hydrogen-bond acceptors (Lipinski definition) is 4. The van der Waals surface area contributed by atoms with Gasteiger partial charge in [0.2, 0.25) is 11.8 Å². The maximum atomic E-state index is 13.9. The number of rotatable bonds is 11. The summed E-state index contributed by atoms with van der Waals surface area (Å²) in [6.45, 7) is 7.51. The first-order valence-corrected chi connectivity index (χ1v) is 14.7. The van der Waals surface area contributed by atoms with E-state index in [4.69, 9.17) is 23.2 Å². The second-order valence-electron chi connectivity index (χ2n) is 9.75. The van der Waals surface area contributed by atoms with E-state index in [0.29, 0.717) is 11.6 Å². The van der Waals surface area contributed by atoms with Gasteiger partial charge in [-0.1, -0.05) is 85.1 Å². The summed E-state index contributed by atoms with van der Waals surface area (Å²) in [5.41, 5.74) is 1.91. The summed E-state index contributed by atoms with van der Waals surface area (Å²) >= 11 is 12.5. The molecule has 0 aliphatic rings. The van der Waals surface area contributed by atoms with Crippen molar-refractivity contribution in [3.05, 3.63) is 94.0 Å². The molecule has 2 amide bonds. The van der Waals surface area contributed by atoms with E-state index >= 15 is 0 Å². The van der Waals surface area contributed by atoms with Crippen molar-refractivity contribution in [1.82, 2.24) is 10.2 Å². The van der Waals surface area contributed by atoms with Crippen LogP contribution >= 0.6 is 23.2 Å². The standard InChI is InChI=1S/C29H33Cl2N3O4S/c1-20(2)17-32-29(36)22(4)33(18-23-10-8-9-21(3)15-23)28(35)19-34(27-14-13-24(30)16-26(27)31)39(37,38)25-11-6-5-7-12-25/h5-16,20,22H,17-19H2,1-4H3,(H,32,36)/t22-/m1/s1. The Kier molecular flexibility index (Phi) is 10.4. The lowest BCUT2D eigenvalue weighted by molar-refractivity contribution is -0.139. The summed E-state index contributed by atoms with van der Waals surface area (Å²) in [4.78, 5) is 28.4. The maximum absolute atomic E-state index is 13.9. The minimum Gasteiger partial charge on any atom is -0.354 e. The van der Waals surface area contributed by atoms with Crippen molar-refractivity contribution in [3.8, 4) is 0 Å². The number of aryl methyl sites for hydroxylation is 1. The maximum Gasteiger partial charge on any atom is 0.264 e. The SMILES string of the molecule is Cc1cccc(CN(C(=O)CN(c2ccc(Cl)cc2Cl)S(=O)(=O)c2ccccc2)[C@H](C)C(=O)NCC(C)C)c1. The van der Waals surface area contributed by atoms with Gasteiger partial charge in [0, 0.05) is 18.1 Å². The number of halogens is 2. The van der Waals surface area contributed by atoms with Gasteiger partial charge in [-0.15, -0.1) is 0 Å². The Morgan fingerprint density at radius 3 is 2.23 bits per heavy atom. The molecule has 3 rings (SSSR count). The average molecular weight is 591 g/mol. The number of hydrogen-bond donors (Lipinski definition) is 1. The van der Waals surface area contributed by atoms with E-state index in [1.54, 1.807) is 25.1 Å². The molecule has 39 heavy (non-hydrogen) atoms. The lowest BCUT2D eigenvalue weighted by Gasteiger charge is -2.32. The molecular weight excluding hydrogens is 557 g/mol. The molecular formula is C29H33Cl2N3O4S. The molecule has 208 valence electrons. The highest BCUT2D eigenvalue weighted by molar-refractivity contribution is 7.92. The third-order valence-electron chi connectivity index (χ3n) is 6.08. The number of sulfonamides is 1. The molecule has 0 radical (unpaired) electrons. The molecule has 0 saturated heterocycles. The first-order valence-electron chi connectivity index (χ1n) is 12.6. The van der Waals surface area contributed by atoms with Gasteiger partial charge in [0.05, 0.1) is 15.6 Å². The Labute approximate surface area is 240 Å². The molecule has 1 atom stereocenters. The van der Waals surface area contributed by atoms with Gasteiger partial charge in [0.25, 0.3) is 10.0 Å². The molecule has 0 saturated carbocycles. The van der Waals surface area contributed by atoms with E-state index in [1.165, 1.54) is 35.2 Å². The number of carbonyl (C=O) groups excluding carboxylic acids is 2. The van der Waals surface area contributed by atoms with Crippen LogP contribution in [0.5, 0.6) is 0 Å². The predicted molar refractivity (Wildman–Crippen MR) is 156 cm³/mol. The Bertz CT molecular complexity index is 1420. The highest BCUT2D eigenvalue weighted by Gasteiger charge is 2.33. The van der Waals surface area contributed by atoms with Gasteiger partial charge in [0.1, 0.15) is 12.6 Å². The molecule has 0 fully saturated rings. The number of amides is 2. The third-order valence-corrected chi connectivity index (χ3v) is 8.39. The lowest BCUT2D eigenvalue weighted by atomic mass is 10.1. The van der Waals surface area contributed by atoms with Crippen LogP contribution in [0.4, 0.5) is 5.69 Å². The van der Waals surface area contributed by atoms with E-state index in [2.05, 4.69) is 5.32 Å². The summed E-state index contributed by atoms with van der Waals surface area (Å²) in [7, 11) is -4.21. The van der Waals surface area contributed by atoms with Crippen LogP contribution in [0, 0.1) is 12.8 Å². The minimum atomic E-state index is -4.21. The molecule has 0 unspecified atom stereocenters. The Morgan fingerprint density at radius 1 is 0.923 bits per heavy atom. The highest BCUT2D eigenvalue weighted by atomic mass is 35.5. The second-order valence-corrected chi connectivity index (χ2v) is 12.5. The predicted octanol–water partition coefficient (Wildman–Crippen LogP) is 5.69. The van der Waals surface area contributed by atoms with Crippen LogP contribution in [0.3, 0.4) is 0 Å². The first-order chi connectivity index (χ1) is 18.4. The van der Waals surface area contributed by atoms with E-state index in [0.717, 1.165) is 15.4 Å². The van der Waals surface area contributed by atoms with Crippen molar-refractivity contribution >= 4 is 50.7 Å². The van der Waals surface area contributed by atoms with Crippen molar-refractivity contribution in [3.63, 3.8) is 0 Å². The summed E-state index contributed by atoms with van der Waals surface area (Å²) in [6, 6.07) is 18.9. The van der Waals surface area contributed by atoms with Crippen molar-refractivity contribution in [2.24, 2.45) is 5.92 Å². The molecule has 0 aromatic heterocycles. The second kappa shape index (κ2) is 13.3. The zero-order valence-electron chi connectivity index (χ0n) is 22.4. The quantitative estimate of drug-likeness (QED) is 0.311. The molecule has 3 aromatic rings. The molecule has 0 heterocycles. The smallest absolute Gasteiger partial charge is 0.264 e. The van der Waals surface area contributed by atoms with Gasteiger partial charge in [-0.3, -0.25) is 13.9 Å². The van der Waals surface area contributed by atoms with Gasteiger partial charge in [-0.05, 0) is 55.7 Å². The van der Waals surface area contributed by atoms with Gasteiger partial charge < -0.3 is 10.2 Å². The van der Waals surface area contributed by atoms with Gasteiger partial charge in [0.15, 0.2) is 0 Å². The fraction of sp³-hybridized carbons (Fsp3) is 0.310. The summed E-state index contributed by atoms with van der Waals surface area (Å²) in [5.74, 6) is -0.665. The zero-order valence-corrected chi connectivity index (χ0v) is 24.7. The summed E-state index contributed by atoms with van der Waals surface area (Å²) in [6.07, 6.45) is 0. The third kappa shape index (κ3) is 7.97. The Morgan fingerprint density at radius 2 is 1.62 bits per heavy atom. The molecule has 10 heteroatoms. The number of benzene rings is 3. The van der Waals surface area contributed by atoms with Crippen LogP contribution in [0.2, 0.25) is 10.0 Å². The minimum absolute atomic E-state index is 0.00299. The lowest BCUT2D eigenvalue weighted by Crippen LogP contribution is -2.51. The van der Waals surface area contributed by atoms with Gasteiger partial charge in [-0.25, -0.2) is 8.42 Å². The molecule has 0 bridgehead atoms. The number of anilines is 1. The summed E-state index contributed by atoms with van der Waals surface area (Å²) < 4.78 is 28.6. The summed E-state index contributed by atoms with van der Waals surface area (Å²) in [5, 5.41) is 3.27. The highest BCUT2D eigenvalue weighted by Crippen LogP contribution is 2.33. The topological polar surface area (TPSA) is 86.8 Å². The average Bonchev–Trinajstić information content (AvgIpc) is 2.89. The first kappa shape index (κ1) is 30.5. The Balaban J connectivity index is 2.03. The monoisotopic (exact) mass is 589 g/mol. The van der Waals surface area contributed by atoms with E-state index < -0.39 is 28.5 Å². The van der Waals surface area contributed by atoms with Crippen molar-refractivity contribution in [2.75, 3.05) is 17.4 Å². The number of nitrogens with zero attached hydrogens (tertiary/aromatic N) is 2. The molecule has 0 spiro atoms. The normalized spacial score (nSPS) is 12.2. The fourth-order valence-corrected chi connectivity index (χ4v) is 5.97. The van der Waals surface area contributed by atoms with Crippen LogP contribution < -0.4 is 9.62 Å². The fourth-order valence-electron chi connectivity index (χ4n) is 3.96. The van der Waals surface area contributed by atoms with E-state index in [9.17, 15) is 18.0 Å². The van der Waals surface area contributed by atoms with Gasteiger partial charge in [-0.2, -0.15) is 0 Å². The molecule has 7 nitrogen and oxygen atoms in total. The van der Waals surface area contributed by atoms with Crippen LogP contribution in [0.25, 0.3) is 0 Å². The molecule has 0 aliphatic heterocycles. The van der Waals surface area contributed by atoms with Crippen molar-refractivity contribution < 1.29 is 18.0 Å². The van der Waals surface area contributed by atoms with Crippen molar-refractivity contribution in [1.29, 1.82) is 0 Å². The molecule has 3 aromatic carbocycles. The van der Waals surface area contributed by atoms with Crippen molar-refractivity contribution in [2.45, 2.75) is 45.2 Å². The Hall–Kier alpha value is -3.07.